The fourth-order valence-electron chi connectivity index (χ4n) is 1.64. The van der Waals surface area contributed by atoms with E-state index in [2.05, 4.69) is 0 Å². The minimum atomic E-state index is -4.29. The number of nitrogen functional groups attached to an aromatic ring is 1. The van der Waals surface area contributed by atoms with Gasteiger partial charge in [-0.15, -0.1) is 0 Å². The van der Waals surface area contributed by atoms with Crippen LogP contribution in [0.4, 0.5) is 5.69 Å². The number of benzene rings is 1. The maximum Gasteiger partial charge on any atom is 0.226 e. The second-order valence-corrected chi connectivity index (χ2v) is 9.12. The molecule has 0 aliphatic rings. The topological polar surface area (TPSA) is 120 Å². The highest BCUT2D eigenvalue weighted by Gasteiger charge is 2.37. The fraction of sp³-hybridized carbons (Fsp3) is 0.400. The maximum absolute atomic E-state index is 12.4. The molecule has 20 heavy (non-hydrogen) atoms. The number of halogens is 2. The molecule has 0 bridgehead atoms. The Kier molecular flexibility index (Phi) is 5.31. The van der Waals surface area contributed by atoms with Crippen molar-refractivity contribution in [1.29, 1.82) is 0 Å². The molecule has 114 valence electrons. The number of sulfone groups is 1. The van der Waals surface area contributed by atoms with Gasteiger partial charge < -0.3 is 5.73 Å². The van der Waals surface area contributed by atoms with Gasteiger partial charge >= 0.3 is 0 Å². The third-order valence-corrected chi connectivity index (χ3v) is 7.76. The Hall–Kier alpha value is -0.540. The average Bonchev–Trinajstić information content (AvgIpc) is 2.28. The van der Waals surface area contributed by atoms with Crippen molar-refractivity contribution >= 4 is 48.7 Å². The molecule has 1 rings (SSSR count). The first-order valence-electron chi connectivity index (χ1n) is 5.51. The third-order valence-electron chi connectivity index (χ3n) is 2.59. The molecule has 4 N–H and O–H groups in total. The molecule has 0 saturated carbocycles. The van der Waals surface area contributed by atoms with E-state index in [-0.39, 0.29) is 22.2 Å². The first-order valence-corrected chi connectivity index (χ1v) is 9.43. The van der Waals surface area contributed by atoms with Gasteiger partial charge in [-0.3, -0.25) is 0 Å². The van der Waals surface area contributed by atoms with E-state index in [1.165, 1.54) is 0 Å². The van der Waals surface area contributed by atoms with Gasteiger partial charge in [-0.2, -0.15) is 0 Å². The van der Waals surface area contributed by atoms with Crippen LogP contribution in [0.2, 0.25) is 10.0 Å². The van der Waals surface area contributed by atoms with Crippen LogP contribution in [-0.4, -0.2) is 21.4 Å². The number of nitrogens with two attached hydrogens (primary N) is 2. The molecule has 6 nitrogen and oxygen atoms in total. The van der Waals surface area contributed by atoms with E-state index in [0.29, 0.717) is 6.42 Å². The molecule has 0 aliphatic carbocycles. The van der Waals surface area contributed by atoms with Crippen LogP contribution in [0.25, 0.3) is 0 Å². The molecular weight excluding hydrogens is 347 g/mol. The smallest absolute Gasteiger partial charge is 0.226 e. The van der Waals surface area contributed by atoms with Crippen molar-refractivity contribution in [3.05, 3.63) is 22.2 Å². The van der Waals surface area contributed by atoms with Crippen LogP contribution in [-0.2, 0) is 19.9 Å². The van der Waals surface area contributed by atoms with Crippen LogP contribution in [0.1, 0.15) is 19.8 Å². The summed E-state index contributed by atoms with van der Waals surface area (Å²) in [5, 5.41) is 4.77. The van der Waals surface area contributed by atoms with Crippen molar-refractivity contribution in [2.24, 2.45) is 5.14 Å². The molecule has 0 spiro atoms. The second-order valence-electron chi connectivity index (χ2n) is 4.16. The summed E-state index contributed by atoms with van der Waals surface area (Å²) in [4.78, 5) is -0.397. The number of anilines is 1. The fourth-order valence-corrected chi connectivity index (χ4v) is 6.09. The SMILES string of the molecule is CCCC(S(N)(=O)=O)S(=O)(=O)c1cc(Cl)c(N)cc1Cl. The van der Waals surface area contributed by atoms with E-state index < -0.39 is 29.3 Å². The molecule has 0 heterocycles. The highest BCUT2D eigenvalue weighted by molar-refractivity contribution is 8.08. The molecule has 10 heteroatoms. The normalized spacial score (nSPS) is 14.2. The third kappa shape index (κ3) is 3.56. The first-order chi connectivity index (χ1) is 9.01. The van der Waals surface area contributed by atoms with Crippen LogP contribution in [0.15, 0.2) is 17.0 Å². The van der Waals surface area contributed by atoms with E-state index in [0.717, 1.165) is 12.1 Å². The van der Waals surface area contributed by atoms with E-state index >= 15 is 0 Å². The zero-order valence-corrected chi connectivity index (χ0v) is 13.7. The number of rotatable bonds is 5. The van der Waals surface area contributed by atoms with Gasteiger partial charge in [0.25, 0.3) is 0 Å². The van der Waals surface area contributed by atoms with Crippen molar-refractivity contribution in [3.63, 3.8) is 0 Å². The van der Waals surface area contributed by atoms with Crippen LogP contribution in [0.3, 0.4) is 0 Å². The van der Waals surface area contributed by atoms with E-state index in [9.17, 15) is 16.8 Å². The Morgan fingerprint density at radius 1 is 1.15 bits per heavy atom. The lowest BCUT2D eigenvalue weighted by Gasteiger charge is -2.16. The molecule has 0 aliphatic heterocycles. The Labute approximate surface area is 128 Å². The summed E-state index contributed by atoms with van der Waals surface area (Å²) in [6.07, 6.45) is 0.181. The van der Waals surface area contributed by atoms with Crippen molar-refractivity contribution in [1.82, 2.24) is 0 Å². The maximum atomic E-state index is 12.4. The van der Waals surface area contributed by atoms with Gasteiger partial charge in [-0.05, 0) is 18.6 Å². The largest absolute Gasteiger partial charge is 0.397 e. The van der Waals surface area contributed by atoms with Gasteiger partial charge in [-0.1, -0.05) is 36.5 Å². The molecule has 1 unspecified atom stereocenters. The summed E-state index contributed by atoms with van der Waals surface area (Å²) in [5.41, 5.74) is 5.59. The molecule has 0 aromatic heterocycles. The van der Waals surface area contributed by atoms with Crippen LogP contribution < -0.4 is 10.9 Å². The van der Waals surface area contributed by atoms with E-state index in [1.54, 1.807) is 6.92 Å². The van der Waals surface area contributed by atoms with Gasteiger partial charge in [-0.25, -0.2) is 22.0 Å². The molecule has 0 fully saturated rings. The first kappa shape index (κ1) is 17.5. The van der Waals surface area contributed by atoms with Gasteiger partial charge in [0.1, 0.15) is 0 Å². The highest BCUT2D eigenvalue weighted by Crippen LogP contribution is 2.33. The van der Waals surface area contributed by atoms with Gasteiger partial charge in [0.15, 0.2) is 14.4 Å². The molecule has 1 atom stereocenters. The summed E-state index contributed by atoms with van der Waals surface area (Å²) >= 11 is 11.6. The molecule has 0 amide bonds. The van der Waals surface area contributed by atoms with Crippen LogP contribution in [0.5, 0.6) is 0 Å². The quantitative estimate of drug-likeness (QED) is 0.774. The van der Waals surface area contributed by atoms with Crippen molar-refractivity contribution in [3.8, 4) is 0 Å². The van der Waals surface area contributed by atoms with E-state index in [4.69, 9.17) is 34.1 Å². The Balaban J connectivity index is 3.53. The monoisotopic (exact) mass is 360 g/mol. The number of sulfonamides is 1. The van der Waals surface area contributed by atoms with Crippen LogP contribution in [0, 0.1) is 0 Å². The highest BCUT2D eigenvalue weighted by atomic mass is 35.5. The summed E-state index contributed by atoms with van der Waals surface area (Å²) in [5.74, 6) is 0. The average molecular weight is 361 g/mol. The van der Waals surface area contributed by atoms with Gasteiger partial charge in [0, 0.05) is 0 Å². The molecule has 1 aromatic rings. The number of hydrogen-bond donors (Lipinski definition) is 2. The number of primary sulfonamides is 1. The predicted octanol–water partition coefficient (Wildman–Crippen LogP) is 1.76. The zero-order valence-electron chi connectivity index (χ0n) is 10.5. The molecule has 0 saturated heterocycles. The molecule has 1 aromatic carbocycles. The Morgan fingerprint density at radius 2 is 1.70 bits per heavy atom. The minimum absolute atomic E-state index is 0.0300. The van der Waals surface area contributed by atoms with Crippen molar-refractivity contribution in [2.75, 3.05) is 5.73 Å². The summed E-state index contributed by atoms with van der Waals surface area (Å²) in [6.45, 7) is 1.64. The second kappa shape index (κ2) is 6.07. The lowest BCUT2D eigenvalue weighted by atomic mass is 10.3. The summed E-state index contributed by atoms with van der Waals surface area (Å²) < 4.78 is 46.1. The molecule has 0 radical (unpaired) electrons. The van der Waals surface area contributed by atoms with Crippen molar-refractivity contribution in [2.45, 2.75) is 29.2 Å². The molecular formula is C10H14Cl2N2O4S2. The standard InChI is InChI=1S/C10H14Cl2N2O4S2/c1-2-3-10(20(14,17)18)19(15,16)9-5-6(11)8(13)4-7(9)12/h4-5,10H,2-3,13H2,1H3,(H2,14,17,18). The summed E-state index contributed by atoms with van der Waals surface area (Å²) in [6, 6.07) is 2.19. The van der Waals surface area contributed by atoms with Gasteiger partial charge in [0.2, 0.25) is 10.0 Å². The Morgan fingerprint density at radius 3 is 2.15 bits per heavy atom. The van der Waals surface area contributed by atoms with Gasteiger partial charge in [0.05, 0.1) is 20.6 Å². The van der Waals surface area contributed by atoms with Crippen molar-refractivity contribution < 1.29 is 16.8 Å². The Bertz CT molecular complexity index is 717. The minimum Gasteiger partial charge on any atom is -0.397 e. The lowest BCUT2D eigenvalue weighted by molar-refractivity contribution is 0.568. The zero-order chi connectivity index (χ0) is 15.7. The lowest BCUT2D eigenvalue weighted by Crippen LogP contribution is -2.35. The predicted molar refractivity (Wildman–Crippen MR) is 79.9 cm³/mol. The van der Waals surface area contributed by atoms with Crippen LogP contribution >= 0.6 is 23.2 Å². The van der Waals surface area contributed by atoms with E-state index in [1.807, 2.05) is 0 Å². The number of hydrogen-bond acceptors (Lipinski definition) is 5. The summed E-state index contributed by atoms with van der Waals surface area (Å²) in [7, 11) is -8.57.